The molecule has 8 unspecified atom stereocenters. The summed E-state index contributed by atoms with van der Waals surface area (Å²) in [5.74, 6) is 8.48. The van der Waals surface area contributed by atoms with Gasteiger partial charge in [0.2, 0.25) is 0 Å². The summed E-state index contributed by atoms with van der Waals surface area (Å²) in [6.45, 7) is 16.0. The minimum Gasteiger partial charge on any atom is -0.462 e. The predicted molar refractivity (Wildman–Crippen MR) is 265 cm³/mol. The van der Waals surface area contributed by atoms with Gasteiger partial charge in [0.05, 0.1) is 0 Å². The summed E-state index contributed by atoms with van der Waals surface area (Å²) in [5.41, 5.74) is 1.31. The van der Waals surface area contributed by atoms with E-state index >= 15 is 0 Å². The summed E-state index contributed by atoms with van der Waals surface area (Å²) in [5, 5.41) is 0. The number of hydrogen-bond acceptors (Lipinski definition) is 6. The third kappa shape index (κ3) is 10.2. The van der Waals surface area contributed by atoms with E-state index in [0.29, 0.717) is 58.9 Å². The molecule has 0 N–H and O–H groups in total. The van der Waals surface area contributed by atoms with Crippen LogP contribution in [0.25, 0.3) is 0 Å². The molecule has 0 aromatic rings. The predicted octanol–water partition coefficient (Wildman–Crippen LogP) is 15.4. The highest BCUT2D eigenvalue weighted by atomic mass is 16.5. The number of fused-ring (bicyclic) bond motifs is 10. The van der Waals surface area contributed by atoms with Crippen molar-refractivity contribution in [1.82, 2.24) is 0 Å². The lowest BCUT2D eigenvalue weighted by Crippen LogP contribution is -2.54. The van der Waals surface area contributed by atoms with Crippen molar-refractivity contribution in [2.75, 3.05) is 0 Å². The quantitative estimate of drug-likeness (QED) is 0.120. The third-order valence-corrected chi connectivity index (χ3v) is 23.0. The van der Waals surface area contributed by atoms with Crippen LogP contribution in [0, 0.1) is 86.8 Å². The molecule has 0 aromatic heterocycles. The average molecular weight is 915 g/mol. The zero-order valence-corrected chi connectivity index (χ0v) is 43.6. The molecule has 6 heteroatoms. The van der Waals surface area contributed by atoms with Crippen molar-refractivity contribution in [1.29, 1.82) is 0 Å². The Morgan fingerprint density at radius 1 is 0.455 bits per heavy atom. The Kier molecular flexibility index (Phi) is 16.4. The SMILES string of the molecule is CC(=O)[C@H]1CCC2C3CC[C@H]4CC(OC(=O)CCC5CCCC5)CC[C@]4(C)C3CC[C@@]21C.CCCCCCCCCC(=O)OC1CC[C@]2(C)C3CC[C@@]4(C)C(CC[C@@H]4C(C)=O)C3CC[C@H]2C1. The normalized spacial score (nSPS) is 43.7. The summed E-state index contributed by atoms with van der Waals surface area (Å²) in [6.07, 6.45) is 38.4. The molecule has 66 heavy (non-hydrogen) atoms. The van der Waals surface area contributed by atoms with E-state index in [1.165, 1.54) is 135 Å². The number of carbonyl (C=O) groups excluding carboxylic acids is 4. The second kappa shape index (κ2) is 21.3. The van der Waals surface area contributed by atoms with Crippen molar-refractivity contribution < 1.29 is 28.7 Å². The molecule has 9 aliphatic rings. The molecule has 9 fully saturated rings. The van der Waals surface area contributed by atoms with Crippen LogP contribution < -0.4 is 0 Å². The van der Waals surface area contributed by atoms with Crippen molar-refractivity contribution in [3.05, 3.63) is 0 Å². The highest BCUT2D eigenvalue weighted by Gasteiger charge is 2.62. The molecule has 16 atom stereocenters. The van der Waals surface area contributed by atoms with E-state index in [4.69, 9.17) is 9.47 Å². The van der Waals surface area contributed by atoms with Gasteiger partial charge in [0.15, 0.2) is 0 Å². The molecule has 9 aliphatic carbocycles. The van der Waals surface area contributed by atoms with Gasteiger partial charge in [-0.25, -0.2) is 0 Å². The van der Waals surface area contributed by atoms with Gasteiger partial charge in [0, 0.05) is 24.7 Å². The number of ether oxygens (including phenoxy) is 2. The van der Waals surface area contributed by atoms with E-state index in [-0.39, 0.29) is 35.0 Å². The molecule has 9 saturated carbocycles. The molecule has 6 nitrogen and oxygen atoms in total. The molecular formula is C60H98O6. The van der Waals surface area contributed by atoms with E-state index in [0.717, 1.165) is 99.2 Å². The van der Waals surface area contributed by atoms with E-state index < -0.39 is 0 Å². The highest BCUT2D eigenvalue weighted by Crippen LogP contribution is 2.69. The summed E-state index contributed by atoms with van der Waals surface area (Å²) in [7, 11) is 0. The maximum atomic E-state index is 12.5. The Morgan fingerprint density at radius 2 is 0.879 bits per heavy atom. The summed E-state index contributed by atoms with van der Waals surface area (Å²) in [6, 6.07) is 0. The molecule has 0 amide bonds. The second-order valence-corrected chi connectivity index (χ2v) is 26.2. The van der Waals surface area contributed by atoms with Gasteiger partial charge in [-0.2, -0.15) is 0 Å². The monoisotopic (exact) mass is 915 g/mol. The minimum atomic E-state index is 0.0468. The van der Waals surface area contributed by atoms with Crippen molar-refractivity contribution >= 4 is 23.5 Å². The van der Waals surface area contributed by atoms with E-state index in [1.807, 2.05) is 13.8 Å². The standard InChI is InChI=1S/C31H52O3.C29H46O3/c1-5-6-7-8-9-10-11-12-29(33)34-24-17-19-30(3)23(21-24)13-14-25-27-16-15-26(22(2)32)31(27,4)20-18-28(25)30;1-19(30)24-11-12-25-23-10-9-21-18-22(32-27(31)13-8-20-6-4-5-7-20)14-16-28(21,2)26(23)15-17-29(24,25)3/h23-28H,5-21H2,1-4H3;20-26H,4-18H2,1-3H3/t23-,24?,25?,26+,27?,28?,30-,31+;21-,22?,23?,24+,25?,26?,28-,29+/m00/s1. The molecule has 0 bridgehead atoms. The molecule has 9 rings (SSSR count). The van der Waals surface area contributed by atoms with Gasteiger partial charge in [-0.05, 0) is 217 Å². The number of ketones is 2. The number of hydrogen-bond donors (Lipinski definition) is 0. The van der Waals surface area contributed by atoms with Gasteiger partial charge < -0.3 is 9.47 Å². The molecule has 0 aromatic carbocycles. The lowest BCUT2D eigenvalue weighted by Gasteiger charge is -2.61. The molecule has 0 spiro atoms. The van der Waals surface area contributed by atoms with E-state index in [9.17, 15) is 19.2 Å². The van der Waals surface area contributed by atoms with Crippen molar-refractivity contribution in [3.8, 4) is 0 Å². The van der Waals surface area contributed by atoms with Gasteiger partial charge in [-0.15, -0.1) is 0 Å². The van der Waals surface area contributed by atoms with Crippen LogP contribution in [0.3, 0.4) is 0 Å². The zero-order valence-electron chi connectivity index (χ0n) is 43.6. The van der Waals surface area contributed by atoms with Crippen LogP contribution in [-0.2, 0) is 28.7 Å². The van der Waals surface area contributed by atoms with Gasteiger partial charge in [0.1, 0.15) is 23.8 Å². The average Bonchev–Trinajstić information content (AvgIpc) is 4.03. The maximum Gasteiger partial charge on any atom is 0.306 e. The smallest absolute Gasteiger partial charge is 0.306 e. The summed E-state index contributed by atoms with van der Waals surface area (Å²) in [4.78, 5) is 49.8. The first-order valence-corrected chi connectivity index (χ1v) is 29.0. The van der Waals surface area contributed by atoms with Crippen LogP contribution in [0.5, 0.6) is 0 Å². The summed E-state index contributed by atoms with van der Waals surface area (Å²) >= 11 is 0. The first-order chi connectivity index (χ1) is 31.6. The van der Waals surface area contributed by atoms with Crippen LogP contribution in [0.15, 0.2) is 0 Å². The number of Topliss-reactive ketones (excluding diaryl/α,β-unsaturated/α-hetero) is 2. The fourth-order valence-electron chi connectivity index (χ4n) is 19.3. The van der Waals surface area contributed by atoms with Crippen molar-refractivity contribution in [2.45, 2.75) is 266 Å². The Bertz CT molecular complexity index is 1680. The van der Waals surface area contributed by atoms with E-state index in [2.05, 4.69) is 34.6 Å². The van der Waals surface area contributed by atoms with Crippen LogP contribution >= 0.6 is 0 Å². The summed E-state index contributed by atoms with van der Waals surface area (Å²) < 4.78 is 12.0. The van der Waals surface area contributed by atoms with Crippen LogP contribution in [0.4, 0.5) is 0 Å². The van der Waals surface area contributed by atoms with Crippen molar-refractivity contribution in [3.63, 3.8) is 0 Å². The number of unbranched alkanes of at least 4 members (excludes halogenated alkanes) is 6. The van der Waals surface area contributed by atoms with Gasteiger partial charge in [-0.1, -0.05) is 98.8 Å². The highest BCUT2D eigenvalue weighted by molar-refractivity contribution is 5.80. The molecule has 0 radical (unpaired) electrons. The van der Waals surface area contributed by atoms with Crippen LogP contribution in [0.1, 0.15) is 254 Å². The van der Waals surface area contributed by atoms with Crippen molar-refractivity contribution in [2.24, 2.45) is 86.8 Å². The van der Waals surface area contributed by atoms with Gasteiger partial charge in [0.25, 0.3) is 0 Å². The van der Waals surface area contributed by atoms with E-state index in [1.54, 1.807) is 0 Å². The largest absolute Gasteiger partial charge is 0.462 e. The molecule has 374 valence electrons. The Hall–Kier alpha value is -1.72. The first kappa shape index (κ1) is 50.7. The second-order valence-electron chi connectivity index (χ2n) is 26.2. The Balaban J connectivity index is 0.000000180. The number of esters is 2. The number of rotatable bonds is 15. The van der Waals surface area contributed by atoms with Gasteiger partial charge >= 0.3 is 11.9 Å². The fourth-order valence-corrected chi connectivity index (χ4v) is 19.3. The lowest BCUT2D eigenvalue weighted by molar-refractivity contribution is -0.163. The zero-order chi connectivity index (χ0) is 46.9. The lowest BCUT2D eigenvalue weighted by atomic mass is 9.44. The molecule has 0 heterocycles. The molecular weight excluding hydrogens is 817 g/mol. The van der Waals surface area contributed by atoms with Crippen LogP contribution in [-0.4, -0.2) is 35.7 Å². The Labute approximate surface area is 403 Å². The Morgan fingerprint density at radius 3 is 1.35 bits per heavy atom. The first-order valence-electron chi connectivity index (χ1n) is 29.0. The topological polar surface area (TPSA) is 86.7 Å². The number of carbonyl (C=O) groups is 4. The van der Waals surface area contributed by atoms with Gasteiger partial charge in [-0.3, -0.25) is 19.2 Å². The molecule has 0 saturated heterocycles. The third-order valence-electron chi connectivity index (χ3n) is 23.0. The minimum absolute atomic E-state index is 0.0468. The van der Waals surface area contributed by atoms with Crippen LogP contribution in [0.2, 0.25) is 0 Å². The fraction of sp³-hybridized carbons (Fsp3) is 0.933. The molecule has 0 aliphatic heterocycles. The maximum absolute atomic E-state index is 12.5.